The van der Waals surface area contributed by atoms with Crippen molar-refractivity contribution in [3.63, 3.8) is 0 Å². The molecule has 0 spiro atoms. The van der Waals surface area contributed by atoms with E-state index >= 15 is 0 Å². The lowest BCUT2D eigenvalue weighted by Gasteiger charge is -2.33. The molecule has 1 aromatic carbocycles. The van der Waals surface area contributed by atoms with Gasteiger partial charge in [0.15, 0.2) is 12.6 Å². The Morgan fingerprint density at radius 3 is 2.32 bits per heavy atom. The summed E-state index contributed by atoms with van der Waals surface area (Å²) < 4.78 is 5.62. The number of benzene rings is 1. The Kier molecular flexibility index (Phi) is 15.3. The molecule has 0 saturated carbocycles. The van der Waals surface area contributed by atoms with Crippen LogP contribution in [0.25, 0.3) is 0 Å². The summed E-state index contributed by atoms with van der Waals surface area (Å²) in [6, 6.07) is -0.231. The molecule has 0 aliphatic carbocycles. The number of aromatic nitrogens is 2. The van der Waals surface area contributed by atoms with Crippen molar-refractivity contribution in [2.45, 2.75) is 102 Å². The number of aromatic amines is 1. The van der Waals surface area contributed by atoms with E-state index < -0.39 is 90.3 Å². The van der Waals surface area contributed by atoms with E-state index in [1.165, 1.54) is 12.5 Å². The van der Waals surface area contributed by atoms with E-state index in [0.29, 0.717) is 42.8 Å². The number of H-pyrrole nitrogens is 1. The molecule has 1 unspecified atom stereocenters. The van der Waals surface area contributed by atoms with E-state index in [1.807, 2.05) is 13.8 Å². The Morgan fingerprint density at radius 1 is 1.00 bits per heavy atom. The first kappa shape index (κ1) is 43.2. The van der Waals surface area contributed by atoms with Crippen molar-refractivity contribution in [1.82, 2.24) is 41.5 Å². The molecule has 19 nitrogen and oxygen atoms in total. The van der Waals surface area contributed by atoms with E-state index in [0.717, 1.165) is 0 Å². The molecule has 1 aromatic heterocycles. The molecule has 2 aromatic rings. The smallest absolute Gasteiger partial charge is 0.258 e. The average molecular weight is 783 g/mol. The minimum atomic E-state index is -1.89. The maximum absolute atomic E-state index is 13.8. The summed E-state index contributed by atoms with van der Waals surface area (Å²) in [6.45, 7) is 7.07. The summed E-state index contributed by atoms with van der Waals surface area (Å²) in [6.07, 6.45) is 3.08. The SMILES string of the molecule is CCC(C)[C@H](NC(=O)[C@@H]1CCCN1C[C@H](O)[C@@H]1Cc2ccc(cc2)OCC(=O)N[C@@H](Cc2cnc[nH]2)C(=O)N[C@@H](C(N)=O)C(=O)N1)C(=O)N[C@H](C(N)=O)C(C)C. The Labute approximate surface area is 324 Å². The second kappa shape index (κ2) is 19.9. The van der Waals surface area contributed by atoms with E-state index in [9.17, 15) is 38.7 Å². The number of hydrogen-bond acceptors (Lipinski definition) is 11. The molecule has 3 aliphatic rings. The van der Waals surface area contributed by atoms with Crippen LogP contribution in [0.1, 0.15) is 58.2 Å². The van der Waals surface area contributed by atoms with Crippen molar-refractivity contribution in [2.24, 2.45) is 23.3 Å². The van der Waals surface area contributed by atoms with Gasteiger partial charge < -0.3 is 52.9 Å². The topological polar surface area (TPSA) is 293 Å². The van der Waals surface area contributed by atoms with Crippen LogP contribution in [-0.4, -0.2) is 123 Å². The van der Waals surface area contributed by atoms with Crippen molar-refractivity contribution in [3.05, 3.63) is 48.0 Å². The van der Waals surface area contributed by atoms with E-state index in [1.54, 1.807) is 43.0 Å². The first-order valence-electron chi connectivity index (χ1n) is 18.8. The molecule has 2 bridgehead atoms. The first-order valence-corrected chi connectivity index (χ1v) is 18.8. The van der Waals surface area contributed by atoms with Crippen molar-refractivity contribution in [2.75, 3.05) is 19.7 Å². The van der Waals surface area contributed by atoms with E-state index in [-0.39, 0.29) is 31.2 Å². The third kappa shape index (κ3) is 11.7. The van der Waals surface area contributed by atoms with Gasteiger partial charge in [-0.15, -0.1) is 0 Å². The van der Waals surface area contributed by atoms with Gasteiger partial charge in [0.2, 0.25) is 29.5 Å². The number of nitrogens with zero attached hydrogens (tertiary/aromatic N) is 2. The predicted molar refractivity (Wildman–Crippen MR) is 201 cm³/mol. The average Bonchev–Trinajstić information content (AvgIpc) is 3.85. The van der Waals surface area contributed by atoms with Gasteiger partial charge in [-0.25, -0.2) is 4.98 Å². The van der Waals surface area contributed by atoms with Crippen LogP contribution in [0.15, 0.2) is 36.8 Å². The minimum Gasteiger partial charge on any atom is -0.484 e. The summed E-state index contributed by atoms with van der Waals surface area (Å²) >= 11 is 0. The molecule has 1 saturated heterocycles. The van der Waals surface area contributed by atoms with Crippen molar-refractivity contribution >= 4 is 41.4 Å². The number of β-amino-alcohol motifs (C(OH)–C–C–N with tert-alkyl or cyclic N) is 1. The lowest BCUT2D eigenvalue weighted by atomic mass is 9.96. The van der Waals surface area contributed by atoms with Crippen LogP contribution in [0.5, 0.6) is 5.75 Å². The quantitative estimate of drug-likeness (QED) is 0.0714. The molecule has 4 heterocycles. The molecule has 3 aliphatic heterocycles. The lowest BCUT2D eigenvalue weighted by molar-refractivity contribution is -0.137. The maximum Gasteiger partial charge on any atom is 0.258 e. The summed E-state index contributed by atoms with van der Waals surface area (Å²) in [7, 11) is 0. The molecule has 7 amide bonds. The van der Waals surface area contributed by atoms with Crippen LogP contribution in [0, 0.1) is 11.8 Å². The third-order valence-electron chi connectivity index (χ3n) is 10.2. The number of amides is 7. The number of nitrogens with two attached hydrogens (primary N) is 2. The van der Waals surface area contributed by atoms with E-state index in [4.69, 9.17) is 16.2 Å². The highest BCUT2D eigenvalue weighted by Gasteiger charge is 2.39. The largest absolute Gasteiger partial charge is 0.484 e. The molecule has 5 rings (SSSR count). The number of imidazole rings is 1. The van der Waals surface area contributed by atoms with Gasteiger partial charge in [0, 0.05) is 24.9 Å². The molecule has 8 atom stereocenters. The Bertz CT molecular complexity index is 1700. The number of rotatable bonds is 14. The number of primary amides is 2. The van der Waals surface area contributed by atoms with Gasteiger partial charge in [-0.1, -0.05) is 46.2 Å². The zero-order valence-corrected chi connectivity index (χ0v) is 32.1. The number of fused-ring (bicyclic) bond motifs is 13. The number of aliphatic hydroxyl groups is 1. The number of likely N-dealkylation sites (tertiary alicyclic amines) is 1. The van der Waals surface area contributed by atoms with Gasteiger partial charge in [0.25, 0.3) is 11.8 Å². The highest BCUT2D eigenvalue weighted by atomic mass is 16.5. The Balaban J connectivity index is 1.55. The van der Waals surface area contributed by atoms with Gasteiger partial charge in [0.1, 0.15) is 23.9 Å². The van der Waals surface area contributed by atoms with Gasteiger partial charge in [-0.2, -0.15) is 0 Å². The number of carbonyl (C=O) groups excluding carboxylic acids is 7. The van der Waals surface area contributed by atoms with Gasteiger partial charge >= 0.3 is 0 Å². The maximum atomic E-state index is 13.8. The van der Waals surface area contributed by atoms with Crippen molar-refractivity contribution in [1.29, 1.82) is 0 Å². The highest BCUT2D eigenvalue weighted by Crippen LogP contribution is 2.21. The lowest BCUT2D eigenvalue weighted by Crippen LogP contribution is -2.62. The zero-order valence-electron chi connectivity index (χ0n) is 32.1. The molecule has 306 valence electrons. The number of nitrogens with one attached hydrogen (secondary N) is 6. The van der Waals surface area contributed by atoms with Crippen LogP contribution in [-0.2, 0) is 46.4 Å². The van der Waals surface area contributed by atoms with Crippen LogP contribution in [0.4, 0.5) is 0 Å². The van der Waals surface area contributed by atoms with E-state index in [2.05, 4.69) is 36.6 Å². The molecular formula is C37H54N10O9. The Hall–Kier alpha value is -5.56. The Morgan fingerprint density at radius 2 is 1.71 bits per heavy atom. The number of ether oxygens (including phenoxy) is 1. The summed E-state index contributed by atoms with van der Waals surface area (Å²) in [5, 5.41) is 24.8. The summed E-state index contributed by atoms with van der Waals surface area (Å²) in [4.78, 5) is 100. The number of aliphatic hydroxyl groups excluding tert-OH is 1. The molecule has 0 radical (unpaired) electrons. The number of hydrogen-bond donors (Lipinski definition) is 9. The molecule has 11 N–H and O–H groups in total. The zero-order chi connectivity index (χ0) is 41.1. The molecule has 56 heavy (non-hydrogen) atoms. The number of carbonyl (C=O) groups is 7. The van der Waals surface area contributed by atoms with Gasteiger partial charge in [-0.05, 0) is 55.3 Å². The van der Waals surface area contributed by atoms with Crippen molar-refractivity contribution < 1.29 is 43.4 Å². The predicted octanol–water partition coefficient (Wildman–Crippen LogP) is -2.49. The molecule has 19 heteroatoms. The summed E-state index contributed by atoms with van der Waals surface area (Å²) in [5.74, 6) is -5.59. The highest BCUT2D eigenvalue weighted by molar-refractivity contribution is 6.07. The van der Waals surface area contributed by atoms with Gasteiger partial charge in [-0.3, -0.25) is 38.5 Å². The fraction of sp³-hybridized carbons (Fsp3) is 0.568. The first-order chi connectivity index (χ1) is 26.6. The van der Waals surface area contributed by atoms with Crippen molar-refractivity contribution in [3.8, 4) is 5.75 Å². The van der Waals surface area contributed by atoms with Crippen LogP contribution in [0.3, 0.4) is 0 Å². The molecular weight excluding hydrogens is 728 g/mol. The van der Waals surface area contributed by atoms with Gasteiger partial charge in [0.05, 0.1) is 24.5 Å². The molecule has 1 fully saturated rings. The summed E-state index contributed by atoms with van der Waals surface area (Å²) in [5.41, 5.74) is 12.2. The fourth-order valence-corrected chi connectivity index (χ4v) is 6.71. The second-order valence-electron chi connectivity index (χ2n) is 14.7. The second-order valence-corrected chi connectivity index (χ2v) is 14.7. The van der Waals surface area contributed by atoms with Crippen LogP contribution in [0.2, 0.25) is 0 Å². The monoisotopic (exact) mass is 782 g/mol. The third-order valence-corrected chi connectivity index (χ3v) is 10.2. The fourth-order valence-electron chi connectivity index (χ4n) is 6.71. The van der Waals surface area contributed by atoms with Crippen LogP contribution < -0.4 is 42.8 Å². The normalized spacial score (nSPS) is 23.1. The minimum absolute atomic E-state index is 0.0490. The standard InChI is InChI=1S/C37H54N10O9/c1-5-20(4)30(36(54)44-29(19(2)3)32(38)50)45-35(53)26-7-6-12-47(26)16-27(48)24-13-21-8-10-23(11-9-21)56-17-28(49)42-25(14-22-15-40-18-41-22)34(52)46-31(33(39)51)37(55)43-24/h8-11,15,18-20,24-27,29-31,48H,5-7,12-14,16-17H2,1-4H3,(H2,38,50)(H2,39,51)(H,40,41)(H,42,49)(H,43,55)(H,44,54)(H,45,53)(H,46,52)/t20?,24-,25-,26-,27-,29-,30-,31-/m0/s1. The van der Waals surface area contributed by atoms with Crippen LogP contribution >= 0.6 is 0 Å².